The summed E-state index contributed by atoms with van der Waals surface area (Å²) in [5.74, 6) is 0.0199. The van der Waals surface area contributed by atoms with E-state index < -0.39 is 23.5 Å². The number of nitrogens with zero attached hydrogens (tertiary/aromatic N) is 5. The molecule has 3 aromatic heterocycles. The predicted molar refractivity (Wildman–Crippen MR) is 119 cm³/mol. The standard InChI is InChI=1S/C21H21F3N8O3/c1-19(25,12-5-3-2-4-6-12)11-27-18-30-16(14-10-28-32(17(14)31-18)21(33,34)35)29-13-7-8-15(26-9-13)20(22,23)24/h2-10,33-35H,11,25H2,1H3,(H2,27,29,30,31). The van der Waals surface area contributed by atoms with E-state index in [0.717, 1.165) is 30.1 Å². The summed E-state index contributed by atoms with van der Waals surface area (Å²) < 4.78 is 38.9. The molecule has 0 bridgehead atoms. The molecular weight excluding hydrogens is 469 g/mol. The van der Waals surface area contributed by atoms with Gasteiger partial charge in [-0.2, -0.15) is 32.9 Å². The highest BCUT2D eigenvalue weighted by atomic mass is 19.4. The van der Waals surface area contributed by atoms with E-state index in [1.807, 2.05) is 30.3 Å². The topological polar surface area (TPSA) is 167 Å². The Morgan fingerprint density at radius 3 is 2.31 bits per heavy atom. The number of nitrogens with two attached hydrogens (primary N) is 1. The van der Waals surface area contributed by atoms with E-state index in [2.05, 4.69) is 30.7 Å². The van der Waals surface area contributed by atoms with Gasteiger partial charge in [0.2, 0.25) is 5.95 Å². The Kier molecular flexibility index (Phi) is 6.06. The molecular formula is C21H21F3N8O3. The number of benzene rings is 1. The molecule has 0 aliphatic carbocycles. The minimum atomic E-state index is -4.60. The molecule has 0 fully saturated rings. The normalized spacial score (nSPS) is 14.1. The number of rotatable bonds is 7. The summed E-state index contributed by atoms with van der Waals surface area (Å²) in [6.45, 7) is 1.94. The number of fused-ring (bicyclic) bond motifs is 1. The minimum absolute atomic E-state index is 0.0292. The minimum Gasteiger partial charge on any atom is -0.352 e. The molecule has 0 amide bonds. The lowest BCUT2D eigenvalue weighted by molar-refractivity contribution is -0.378. The smallest absolute Gasteiger partial charge is 0.352 e. The fourth-order valence-corrected chi connectivity index (χ4v) is 3.26. The lowest BCUT2D eigenvalue weighted by atomic mass is 9.93. The van der Waals surface area contributed by atoms with E-state index in [1.165, 1.54) is 0 Å². The van der Waals surface area contributed by atoms with Gasteiger partial charge in [-0.3, -0.25) is 0 Å². The van der Waals surface area contributed by atoms with Crippen LogP contribution in [0, 0.1) is 0 Å². The highest BCUT2D eigenvalue weighted by molar-refractivity contribution is 5.89. The Hall–Kier alpha value is -3.85. The van der Waals surface area contributed by atoms with E-state index in [4.69, 9.17) is 5.73 Å². The third-order valence-corrected chi connectivity index (χ3v) is 5.08. The fourth-order valence-electron chi connectivity index (χ4n) is 3.26. The molecule has 0 aliphatic heterocycles. The maximum atomic E-state index is 12.8. The van der Waals surface area contributed by atoms with Gasteiger partial charge in [0, 0.05) is 6.54 Å². The summed E-state index contributed by atoms with van der Waals surface area (Å²) in [5, 5.41) is 38.5. The van der Waals surface area contributed by atoms with Crippen molar-refractivity contribution in [2.75, 3.05) is 17.2 Å². The van der Waals surface area contributed by atoms with Crippen LogP contribution in [-0.2, 0) is 17.8 Å². The monoisotopic (exact) mass is 490 g/mol. The number of halogens is 3. The second-order valence-corrected chi connectivity index (χ2v) is 7.98. The molecule has 0 radical (unpaired) electrons. The number of nitrogens with one attached hydrogen (secondary N) is 2. The number of hydrogen-bond donors (Lipinski definition) is 6. The Morgan fingerprint density at radius 1 is 1.00 bits per heavy atom. The molecule has 0 saturated carbocycles. The molecule has 4 rings (SSSR count). The molecule has 1 unspecified atom stereocenters. The van der Waals surface area contributed by atoms with Gasteiger partial charge in [-0.25, -0.2) is 4.98 Å². The highest BCUT2D eigenvalue weighted by Gasteiger charge is 2.32. The van der Waals surface area contributed by atoms with Gasteiger partial charge in [0.25, 0.3) is 0 Å². The fraction of sp³-hybridized carbons (Fsp3) is 0.238. The van der Waals surface area contributed by atoms with Gasteiger partial charge in [-0.05, 0) is 24.6 Å². The summed E-state index contributed by atoms with van der Waals surface area (Å²) in [6.07, 6.45) is -5.85. The lowest BCUT2D eigenvalue weighted by Crippen LogP contribution is -2.40. The number of aromatic nitrogens is 5. The predicted octanol–water partition coefficient (Wildman–Crippen LogP) is 1.81. The zero-order valence-electron chi connectivity index (χ0n) is 18.2. The first-order chi connectivity index (χ1) is 16.3. The number of hydrogen-bond acceptors (Lipinski definition) is 10. The van der Waals surface area contributed by atoms with Gasteiger partial charge in [-0.1, -0.05) is 30.3 Å². The summed E-state index contributed by atoms with van der Waals surface area (Å²) in [6, 6.07) is 11.2. The van der Waals surface area contributed by atoms with Crippen LogP contribution in [0.1, 0.15) is 18.2 Å². The van der Waals surface area contributed by atoms with Crippen molar-refractivity contribution < 1.29 is 28.5 Å². The van der Waals surface area contributed by atoms with Gasteiger partial charge in [0.1, 0.15) is 11.5 Å². The van der Waals surface area contributed by atoms with Crippen molar-refractivity contribution in [3.8, 4) is 0 Å². The first-order valence-electron chi connectivity index (χ1n) is 10.2. The van der Waals surface area contributed by atoms with Crippen molar-refractivity contribution in [2.24, 2.45) is 5.73 Å². The van der Waals surface area contributed by atoms with Crippen molar-refractivity contribution in [1.29, 1.82) is 0 Å². The number of pyridine rings is 1. The summed E-state index contributed by atoms with van der Waals surface area (Å²) in [7, 11) is 0. The molecule has 3 heterocycles. The molecule has 35 heavy (non-hydrogen) atoms. The molecule has 14 heteroatoms. The lowest BCUT2D eigenvalue weighted by Gasteiger charge is -2.25. The zero-order valence-corrected chi connectivity index (χ0v) is 18.2. The Morgan fingerprint density at radius 2 is 1.71 bits per heavy atom. The molecule has 0 saturated heterocycles. The van der Waals surface area contributed by atoms with Crippen LogP contribution < -0.4 is 16.4 Å². The van der Waals surface area contributed by atoms with Crippen molar-refractivity contribution in [3.05, 3.63) is 66.1 Å². The number of aliphatic hydroxyl groups is 3. The summed E-state index contributed by atoms with van der Waals surface area (Å²) in [4.78, 5) is 11.9. The first kappa shape index (κ1) is 24.3. The number of alkyl halides is 3. The van der Waals surface area contributed by atoms with Crippen LogP contribution in [0.25, 0.3) is 11.0 Å². The molecule has 7 N–H and O–H groups in total. The van der Waals surface area contributed by atoms with E-state index in [-0.39, 0.29) is 35.0 Å². The largest absolute Gasteiger partial charge is 0.433 e. The van der Waals surface area contributed by atoms with Crippen LogP contribution in [-0.4, -0.2) is 46.6 Å². The zero-order chi connectivity index (χ0) is 25.4. The first-order valence-corrected chi connectivity index (χ1v) is 10.2. The van der Waals surface area contributed by atoms with Crippen LogP contribution in [0.3, 0.4) is 0 Å². The van der Waals surface area contributed by atoms with Crippen LogP contribution in [0.2, 0.25) is 0 Å². The van der Waals surface area contributed by atoms with E-state index in [9.17, 15) is 28.5 Å². The van der Waals surface area contributed by atoms with E-state index in [1.54, 1.807) is 6.92 Å². The molecule has 184 valence electrons. The van der Waals surface area contributed by atoms with Gasteiger partial charge < -0.3 is 31.7 Å². The van der Waals surface area contributed by atoms with E-state index >= 15 is 0 Å². The van der Waals surface area contributed by atoms with Crippen LogP contribution >= 0.6 is 0 Å². The van der Waals surface area contributed by atoms with Crippen molar-refractivity contribution in [1.82, 2.24) is 24.7 Å². The Labute approximate surface area is 196 Å². The number of anilines is 3. The van der Waals surface area contributed by atoms with Crippen molar-refractivity contribution >= 4 is 28.5 Å². The van der Waals surface area contributed by atoms with Gasteiger partial charge in [0.15, 0.2) is 5.65 Å². The van der Waals surface area contributed by atoms with Crippen LogP contribution in [0.5, 0.6) is 0 Å². The molecule has 1 atom stereocenters. The average molecular weight is 490 g/mol. The average Bonchev–Trinajstić information content (AvgIpc) is 3.23. The second kappa shape index (κ2) is 8.74. The summed E-state index contributed by atoms with van der Waals surface area (Å²) >= 11 is 0. The maximum absolute atomic E-state index is 12.8. The van der Waals surface area contributed by atoms with Gasteiger partial charge >= 0.3 is 12.3 Å². The van der Waals surface area contributed by atoms with Crippen molar-refractivity contribution in [2.45, 2.75) is 24.7 Å². The van der Waals surface area contributed by atoms with Gasteiger partial charge in [0.05, 0.1) is 29.0 Å². The SMILES string of the molecule is CC(N)(CNc1nc(Nc2ccc(C(F)(F)F)nc2)c2cnn(C(O)(O)O)c2n1)c1ccccc1. The molecule has 11 nitrogen and oxygen atoms in total. The Bertz CT molecular complexity index is 1320. The highest BCUT2D eigenvalue weighted by Crippen LogP contribution is 2.30. The molecule has 0 spiro atoms. The third-order valence-electron chi connectivity index (χ3n) is 5.08. The second-order valence-electron chi connectivity index (χ2n) is 7.98. The van der Waals surface area contributed by atoms with E-state index in [0.29, 0.717) is 4.68 Å². The molecule has 1 aromatic carbocycles. The van der Waals surface area contributed by atoms with Crippen molar-refractivity contribution in [3.63, 3.8) is 0 Å². The van der Waals surface area contributed by atoms with Crippen LogP contribution in [0.4, 0.5) is 30.6 Å². The molecule has 4 aromatic rings. The molecule has 0 aliphatic rings. The Balaban J connectivity index is 1.69. The quantitative estimate of drug-likeness (QED) is 0.210. The third kappa shape index (κ3) is 5.30. The summed E-state index contributed by atoms with van der Waals surface area (Å²) in [5.41, 5.74) is 5.30. The maximum Gasteiger partial charge on any atom is 0.433 e. The van der Waals surface area contributed by atoms with Gasteiger partial charge in [-0.15, -0.1) is 0 Å². The van der Waals surface area contributed by atoms with Crippen LogP contribution in [0.15, 0.2) is 54.9 Å².